The van der Waals surface area contributed by atoms with Gasteiger partial charge >= 0.3 is 0 Å². The topological polar surface area (TPSA) is 58.2 Å². The van der Waals surface area contributed by atoms with Crippen LogP contribution in [-0.2, 0) is 0 Å². The second-order valence-corrected chi connectivity index (χ2v) is 7.55. The molecule has 0 aliphatic rings. The molecule has 164 valence electrons. The van der Waals surface area contributed by atoms with E-state index in [9.17, 15) is 18.4 Å². The molecule has 0 aliphatic heterocycles. The van der Waals surface area contributed by atoms with Crippen molar-refractivity contribution in [2.45, 2.75) is 0 Å². The van der Waals surface area contributed by atoms with Crippen LogP contribution in [0.15, 0.2) is 91.0 Å². The summed E-state index contributed by atoms with van der Waals surface area (Å²) in [6.45, 7) is 0. The van der Waals surface area contributed by atoms with E-state index in [1.54, 1.807) is 36.4 Å². The summed E-state index contributed by atoms with van der Waals surface area (Å²) in [4.78, 5) is 25.5. The molecule has 0 bridgehead atoms. The van der Waals surface area contributed by atoms with Gasteiger partial charge in [-0.2, -0.15) is 0 Å². The number of halogens is 3. The molecule has 2 amide bonds. The van der Waals surface area contributed by atoms with Crippen LogP contribution in [0.2, 0.25) is 5.02 Å². The number of amides is 2. The second-order valence-electron chi connectivity index (χ2n) is 7.15. The van der Waals surface area contributed by atoms with Crippen molar-refractivity contribution in [1.29, 1.82) is 0 Å². The third-order valence-electron chi connectivity index (χ3n) is 4.89. The molecule has 0 spiro atoms. The predicted octanol–water partition coefficient (Wildman–Crippen LogP) is 6.79. The van der Waals surface area contributed by atoms with Crippen LogP contribution in [0, 0.1) is 11.6 Å². The van der Waals surface area contributed by atoms with Crippen molar-refractivity contribution in [3.8, 4) is 11.1 Å². The lowest BCUT2D eigenvalue weighted by molar-refractivity contribution is 0.101. The molecule has 4 aromatic rings. The highest BCUT2D eigenvalue weighted by atomic mass is 35.5. The monoisotopic (exact) mass is 462 g/mol. The fourth-order valence-corrected chi connectivity index (χ4v) is 3.55. The minimum Gasteiger partial charge on any atom is -0.322 e. The first-order chi connectivity index (χ1) is 15.9. The molecule has 0 aliphatic carbocycles. The number of benzene rings is 4. The third kappa shape index (κ3) is 5.07. The Labute approximate surface area is 193 Å². The number of hydrogen-bond acceptors (Lipinski definition) is 2. The molecule has 2 N–H and O–H groups in total. The standard InChI is InChI=1S/C26H17ClF2N2O2/c27-22-15-24(29)23(28)14-21(22)26(33)31-18-10-6-9-17(13-18)30-25(32)20-12-5-4-11-19(20)16-7-2-1-3-8-16/h1-15H,(H,30,32)(H,31,33). The lowest BCUT2D eigenvalue weighted by Gasteiger charge is -2.12. The van der Waals surface area contributed by atoms with Gasteiger partial charge in [-0.05, 0) is 47.5 Å². The number of carbonyl (C=O) groups excluding carboxylic acids is 2. The van der Waals surface area contributed by atoms with E-state index in [1.807, 2.05) is 42.5 Å². The summed E-state index contributed by atoms with van der Waals surface area (Å²) in [5, 5.41) is 5.18. The number of anilines is 2. The minimum atomic E-state index is -1.18. The summed E-state index contributed by atoms with van der Waals surface area (Å²) in [5.41, 5.74) is 2.77. The molecular formula is C26H17ClF2N2O2. The Morgan fingerprint density at radius 3 is 1.91 bits per heavy atom. The maximum Gasteiger partial charge on any atom is 0.257 e. The van der Waals surface area contributed by atoms with E-state index < -0.39 is 17.5 Å². The Balaban J connectivity index is 1.53. The summed E-state index contributed by atoms with van der Waals surface area (Å²) in [5.74, 6) is -3.35. The van der Waals surface area contributed by atoms with Gasteiger partial charge in [-0.25, -0.2) is 8.78 Å². The highest BCUT2D eigenvalue weighted by Crippen LogP contribution is 2.26. The molecule has 0 saturated heterocycles. The SMILES string of the molecule is O=C(Nc1cccc(NC(=O)c2ccccc2-c2ccccc2)c1)c1cc(F)c(F)cc1Cl. The molecule has 7 heteroatoms. The number of hydrogen-bond donors (Lipinski definition) is 2. The fourth-order valence-electron chi connectivity index (χ4n) is 3.32. The van der Waals surface area contributed by atoms with Crippen LogP contribution in [0.25, 0.3) is 11.1 Å². The van der Waals surface area contributed by atoms with E-state index in [0.29, 0.717) is 16.9 Å². The quantitative estimate of drug-likeness (QED) is 0.321. The van der Waals surface area contributed by atoms with Gasteiger partial charge in [0.1, 0.15) is 0 Å². The number of nitrogens with one attached hydrogen (secondary N) is 2. The summed E-state index contributed by atoms with van der Waals surface area (Å²) in [7, 11) is 0. The molecule has 0 fully saturated rings. The zero-order valence-corrected chi connectivity index (χ0v) is 17.9. The average molecular weight is 463 g/mol. The highest BCUT2D eigenvalue weighted by molar-refractivity contribution is 6.34. The van der Waals surface area contributed by atoms with Crippen molar-refractivity contribution in [2.24, 2.45) is 0 Å². The summed E-state index contributed by atoms with van der Waals surface area (Å²) in [6.07, 6.45) is 0. The van der Waals surface area contributed by atoms with E-state index in [0.717, 1.165) is 23.3 Å². The van der Waals surface area contributed by atoms with Crippen LogP contribution in [0.5, 0.6) is 0 Å². The van der Waals surface area contributed by atoms with Gasteiger partial charge in [0, 0.05) is 16.9 Å². The molecule has 0 heterocycles. The maximum atomic E-state index is 13.5. The Morgan fingerprint density at radius 2 is 1.21 bits per heavy atom. The van der Waals surface area contributed by atoms with Gasteiger partial charge in [0.15, 0.2) is 11.6 Å². The summed E-state index contributed by atoms with van der Waals surface area (Å²) < 4.78 is 26.8. The fraction of sp³-hybridized carbons (Fsp3) is 0. The van der Waals surface area contributed by atoms with Gasteiger partial charge < -0.3 is 10.6 Å². The van der Waals surface area contributed by atoms with Gasteiger partial charge in [-0.1, -0.05) is 66.2 Å². The van der Waals surface area contributed by atoms with Gasteiger partial charge in [-0.15, -0.1) is 0 Å². The lowest BCUT2D eigenvalue weighted by atomic mass is 9.99. The first-order valence-corrected chi connectivity index (χ1v) is 10.3. The van der Waals surface area contributed by atoms with E-state index >= 15 is 0 Å². The molecule has 0 saturated carbocycles. The predicted molar refractivity (Wildman–Crippen MR) is 126 cm³/mol. The van der Waals surface area contributed by atoms with Crippen molar-refractivity contribution < 1.29 is 18.4 Å². The summed E-state index contributed by atoms with van der Waals surface area (Å²) >= 11 is 5.87. The molecule has 0 atom stereocenters. The van der Waals surface area contributed by atoms with Gasteiger partial charge in [0.25, 0.3) is 11.8 Å². The van der Waals surface area contributed by atoms with Crippen molar-refractivity contribution in [2.75, 3.05) is 10.6 Å². The van der Waals surface area contributed by atoms with E-state index in [4.69, 9.17) is 11.6 Å². The average Bonchev–Trinajstić information content (AvgIpc) is 2.82. The van der Waals surface area contributed by atoms with Crippen LogP contribution in [0.3, 0.4) is 0 Å². The molecule has 4 rings (SSSR count). The maximum absolute atomic E-state index is 13.5. The molecule has 4 nitrogen and oxygen atoms in total. The number of carbonyl (C=O) groups is 2. The number of rotatable bonds is 5. The minimum absolute atomic E-state index is 0.207. The van der Waals surface area contributed by atoms with Crippen LogP contribution in [0.4, 0.5) is 20.2 Å². The van der Waals surface area contributed by atoms with Crippen LogP contribution in [-0.4, -0.2) is 11.8 Å². The van der Waals surface area contributed by atoms with E-state index in [-0.39, 0.29) is 16.5 Å². The van der Waals surface area contributed by atoms with E-state index in [2.05, 4.69) is 10.6 Å². The van der Waals surface area contributed by atoms with Crippen LogP contribution in [0.1, 0.15) is 20.7 Å². The first kappa shape index (κ1) is 22.2. The molecule has 33 heavy (non-hydrogen) atoms. The van der Waals surface area contributed by atoms with Crippen molar-refractivity contribution in [3.63, 3.8) is 0 Å². The largest absolute Gasteiger partial charge is 0.322 e. The Morgan fingerprint density at radius 1 is 0.636 bits per heavy atom. The zero-order chi connectivity index (χ0) is 23.4. The van der Waals surface area contributed by atoms with Crippen molar-refractivity contribution in [1.82, 2.24) is 0 Å². The Kier molecular flexibility index (Phi) is 6.47. The molecule has 0 radical (unpaired) electrons. The van der Waals surface area contributed by atoms with Gasteiger partial charge in [-0.3, -0.25) is 9.59 Å². The summed E-state index contributed by atoms with van der Waals surface area (Å²) in [6, 6.07) is 24.7. The van der Waals surface area contributed by atoms with Gasteiger partial charge in [0.05, 0.1) is 10.6 Å². The van der Waals surface area contributed by atoms with Crippen molar-refractivity contribution in [3.05, 3.63) is 119 Å². The van der Waals surface area contributed by atoms with Crippen LogP contribution < -0.4 is 10.6 Å². The Bertz CT molecular complexity index is 1340. The Hall–Kier alpha value is -4.03. The normalized spacial score (nSPS) is 10.5. The third-order valence-corrected chi connectivity index (χ3v) is 5.20. The highest BCUT2D eigenvalue weighted by Gasteiger charge is 2.16. The van der Waals surface area contributed by atoms with Gasteiger partial charge in [0.2, 0.25) is 0 Å². The zero-order valence-electron chi connectivity index (χ0n) is 17.1. The lowest BCUT2D eigenvalue weighted by Crippen LogP contribution is -2.15. The van der Waals surface area contributed by atoms with Crippen LogP contribution >= 0.6 is 11.6 Å². The smallest absolute Gasteiger partial charge is 0.257 e. The first-order valence-electron chi connectivity index (χ1n) is 9.94. The van der Waals surface area contributed by atoms with Crippen molar-refractivity contribution >= 4 is 34.8 Å². The molecule has 4 aromatic carbocycles. The van der Waals surface area contributed by atoms with E-state index in [1.165, 1.54) is 0 Å². The molecule has 0 unspecified atom stereocenters. The molecular weight excluding hydrogens is 446 g/mol. The molecule has 0 aromatic heterocycles. The second kappa shape index (κ2) is 9.63.